The molecular formula is C11H15N5O2. The number of guanidine groups is 1. The topological polar surface area (TPSA) is 108 Å². The normalized spacial score (nSPS) is 25.7. The number of aliphatic hydroxyl groups excluding tert-OH is 1. The summed E-state index contributed by atoms with van der Waals surface area (Å²) in [6, 6.07) is -0.0481. The van der Waals surface area contributed by atoms with Crippen LogP contribution in [0.3, 0.4) is 0 Å². The lowest BCUT2D eigenvalue weighted by molar-refractivity contribution is 0.244. The van der Waals surface area contributed by atoms with Gasteiger partial charge < -0.3 is 21.1 Å². The zero-order chi connectivity index (χ0) is 12.7. The molecule has 0 radical (unpaired) electrons. The molecule has 3 rings (SSSR count). The molecule has 1 aromatic heterocycles. The van der Waals surface area contributed by atoms with Gasteiger partial charge in [0.1, 0.15) is 5.82 Å². The molecule has 18 heavy (non-hydrogen) atoms. The number of imidazole rings is 1. The Labute approximate surface area is 103 Å². The number of rotatable bonds is 2. The van der Waals surface area contributed by atoms with Crippen molar-refractivity contribution in [2.45, 2.75) is 19.0 Å². The van der Waals surface area contributed by atoms with Crippen molar-refractivity contribution in [2.75, 3.05) is 11.9 Å². The molecule has 5 N–H and O–H groups in total. The molecule has 7 nitrogen and oxygen atoms in total. The number of aromatic nitrogens is 2. The van der Waals surface area contributed by atoms with Gasteiger partial charge in [0.05, 0.1) is 18.3 Å². The number of hydrogen-bond acceptors (Lipinski definition) is 5. The van der Waals surface area contributed by atoms with Gasteiger partial charge in [-0.3, -0.25) is 4.57 Å². The van der Waals surface area contributed by atoms with Gasteiger partial charge in [-0.15, -0.1) is 0 Å². The van der Waals surface area contributed by atoms with Crippen LogP contribution in [0, 0.1) is 5.92 Å². The largest absolute Gasteiger partial charge is 0.396 e. The van der Waals surface area contributed by atoms with Crippen LogP contribution in [0.5, 0.6) is 0 Å². The van der Waals surface area contributed by atoms with Gasteiger partial charge in [0, 0.05) is 12.5 Å². The van der Waals surface area contributed by atoms with Crippen molar-refractivity contribution in [1.29, 1.82) is 0 Å². The highest BCUT2D eigenvalue weighted by Crippen LogP contribution is 2.30. The Morgan fingerprint density at radius 2 is 2.39 bits per heavy atom. The molecule has 2 heterocycles. The van der Waals surface area contributed by atoms with E-state index in [2.05, 4.69) is 15.3 Å². The molecule has 2 aliphatic rings. The second-order valence-electron chi connectivity index (χ2n) is 4.58. The van der Waals surface area contributed by atoms with Crippen molar-refractivity contribution >= 4 is 11.8 Å². The van der Waals surface area contributed by atoms with E-state index >= 15 is 0 Å². The molecule has 0 spiro atoms. The van der Waals surface area contributed by atoms with E-state index in [-0.39, 0.29) is 24.3 Å². The maximum atomic E-state index is 12.0. The third kappa shape index (κ3) is 1.63. The highest BCUT2D eigenvalue weighted by molar-refractivity contribution is 5.93. The van der Waals surface area contributed by atoms with Gasteiger partial charge in [0.2, 0.25) is 0 Å². The predicted octanol–water partition coefficient (Wildman–Crippen LogP) is -0.474. The number of aliphatic hydroxyl groups is 1. The summed E-state index contributed by atoms with van der Waals surface area (Å²) in [4.78, 5) is 18.8. The Morgan fingerprint density at radius 3 is 3.11 bits per heavy atom. The van der Waals surface area contributed by atoms with Gasteiger partial charge in [-0.05, 0) is 6.42 Å². The lowest BCUT2D eigenvalue weighted by atomic mass is 10.1. The lowest BCUT2D eigenvalue weighted by Gasteiger charge is -2.18. The van der Waals surface area contributed by atoms with E-state index in [1.165, 1.54) is 0 Å². The second kappa shape index (κ2) is 4.02. The minimum atomic E-state index is -0.175. The van der Waals surface area contributed by atoms with E-state index in [9.17, 15) is 4.79 Å². The standard InChI is InChI=1S/C11H15N5O2/c12-10-13-4-8-9(15-10)16(11(18)14-8)7-2-1-6(3-7)5-17/h1-2,6-7,17H,3-5H2,(H,14,18)(H3,12,13,15)/t6-,7+/m1/s1. The third-order valence-electron chi connectivity index (χ3n) is 3.37. The van der Waals surface area contributed by atoms with Crippen LogP contribution in [0.25, 0.3) is 0 Å². The van der Waals surface area contributed by atoms with E-state index in [0.29, 0.717) is 18.3 Å². The molecule has 0 aromatic carbocycles. The van der Waals surface area contributed by atoms with Crippen LogP contribution in [0.4, 0.5) is 5.82 Å². The number of hydrogen-bond donors (Lipinski definition) is 4. The highest BCUT2D eigenvalue weighted by atomic mass is 16.3. The SMILES string of the molecule is NC1=NCc2[nH]c(=O)n([C@H]3C=C[C@@H](CO)C3)c2N1. The zero-order valence-electron chi connectivity index (χ0n) is 9.76. The Hall–Kier alpha value is -2.02. The van der Waals surface area contributed by atoms with Crippen molar-refractivity contribution < 1.29 is 5.11 Å². The summed E-state index contributed by atoms with van der Waals surface area (Å²) >= 11 is 0. The predicted molar refractivity (Wildman–Crippen MR) is 67.4 cm³/mol. The maximum Gasteiger partial charge on any atom is 0.327 e. The minimum absolute atomic E-state index is 0.0481. The number of aromatic amines is 1. The van der Waals surface area contributed by atoms with Crippen LogP contribution in [0.15, 0.2) is 21.9 Å². The zero-order valence-corrected chi connectivity index (χ0v) is 9.76. The van der Waals surface area contributed by atoms with Crippen LogP contribution >= 0.6 is 0 Å². The summed E-state index contributed by atoms with van der Waals surface area (Å²) in [6.07, 6.45) is 4.61. The first-order valence-electron chi connectivity index (χ1n) is 5.88. The minimum Gasteiger partial charge on any atom is -0.396 e. The molecule has 0 unspecified atom stereocenters. The molecule has 0 bridgehead atoms. The quantitative estimate of drug-likeness (QED) is 0.531. The van der Waals surface area contributed by atoms with Crippen molar-refractivity contribution in [3.8, 4) is 0 Å². The van der Waals surface area contributed by atoms with Crippen molar-refractivity contribution in [1.82, 2.24) is 9.55 Å². The Morgan fingerprint density at radius 1 is 1.56 bits per heavy atom. The fraction of sp³-hybridized carbons (Fsp3) is 0.455. The molecule has 96 valence electrons. The van der Waals surface area contributed by atoms with Gasteiger partial charge in [-0.2, -0.15) is 0 Å². The van der Waals surface area contributed by atoms with E-state index in [4.69, 9.17) is 10.8 Å². The third-order valence-corrected chi connectivity index (χ3v) is 3.37. The monoisotopic (exact) mass is 249 g/mol. The summed E-state index contributed by atoms with van der Waals surface area (Å²) in [5.41, 5.74) is 6.20. The average molecular weight is 249 g/mol. The fourth-order valence-electron chi connectivity index (χ4n) is 2.47. The van der Waals surface area contributed by atoms with Crippen molar-refractivity contribution in [2.24, 2.45) is 16.6 Å². The van der Waals surface area contributed by atoms with Crippen LogP contribution in [-0.4, -0.2) is 27.2 Å². The number of H-pyrrole nitrogens is 1. The van der Waals surface area contributed by atoms with E-state index in [0.717, 1.165) is 12.1 Å². The number of anilines is 1. The summed E-state index contributed by atoms with van der Waals surface area (Å²) in [5, 5.41) is 12.1. The molecule has 2 atom stereocenters. The number of nitrogens with one attached hydrogen (secondary N) is 2. The number of allylic oxidation sites excluding steroid dienone is 1. The molecule has 1 aromatic rings. The van der Waals surface area contributed by atoms with Crippen LogP contribution < -0.4 is 16.7 Å². The van der Waals surface area contributed by atoms with Gasteiger partial charge in [-0.1, -0.05) is 12.2 Å². The van der Waals surface area contributed by atoms with Crippen LogP contribution in [0.2, 0.25) is 0 Å². The first-order chi connectivity index (χ1) is 8.69. The number of nitrogens with two attached hydrogens (primary N) is 1. The van der Waals surface area contributed by atoms with Gasteiger partial charge in [-0.25, -0.2) is 9.79 Å². The summed E-state index contributed by atoms with van der Waals surface area (Å²) < 4.78 is 1.64. The molecule has 0 saturated carbocycles. The maximum absolute atomic E-state index is 12.0. The molecule has 1 aliphatic heterocycles. The fourth-order valence-corrected chi connectivity index (χ4v) is 2.47. The second-order valence-corrected chi connectivity index (χ2v) is 4.58. The average Bonchev–Trinajstić information content (AvgIpc) is 2.92. The Balaban J connectivity index is 1.97. The van der Waals surface area contributed by atoms with E-state index in [1.807, 2.05) is 12.2 Å². The van der Waals surface area contributed by atoms with E-state index in [1.54, 1.807) is 4.57 Å². The summed E-state index contributed by atoms with van der Waals surface area (Å²) in [5.74, 6) is 1.11. The molecular weight excluding hydrogens is 234 g/mol. The smallest absolute Gasteiger partial charge is 0.327 e. The molecule has 0 saturated heterocycles. The number of aliphatic imine (C=N–C) groups is 1. The van der Waals surface area contributed by atoms with Crippen molar-refractivity contribution in [3.05, 3.63) is 28.3 Å². The highest BCUT2D eigenvalue weighted by Gasteiger charge is 2.26. The number of nitrogens with zero attached hydrogens (tertiary/aromatic N) is 2. The van der Waals surface area contributed by atoms with Gasteiger partial charge in [0.15, 0.2) is 5.96 Å². The molecule has 0 fully saturated rings. The summed E-state index contributed by atoms with van der Waals surface area (Å²) in [6.45, 7) is 0.488. The first kappa shape index (κ1) is 11.1. The first-order valence-corrected chi connectivity index (χ1v) is 5.88. The molecule has 7 heteroatoms. The van der Waals surface area contributed by atoms with Crippen LogP contribution in [-0.2, 0) is 6.54 Å². The molecule has 0 amide bonds. The van der Waals surface area contributed by atoms with Gasteiger partial charge in [0.25, 0.3) is 0 Å². The van der Waals surface area contributed by atoms with E-state index < -0.39 is 0 Å². The van der Waals surface area contributed by atoms with Crippen LogP contribution in [0.1, 0.15) is 18.2 Å². The van der Waals surface area contributed by atoms with Gasteiger partial charge >= 0.3 is 5.69 Å². The number of fused-ring (bicyclic) bond motifs is 1. The Kier molecular flexibility index (Phi) is 2.48. The van der Waals surface area contributed by atoms with Crippen molar-refractivity contribution in [3.63, 3.8) is 0 Å². The summed E-state index contributed by atoms with van der Waals surface area (Å²) in [7, 11) is 0. The molecule has 1 aliphatic carbocycles. The Bertz CT molecular complexity index is 583. The lowest BCUT2D eigenvalue weighted by Crippen LogP contribution is -2.29.